The topological polar surface area (TPSA) is 76.5 Å². The number of anilines is 2. The summed E-state index contributed by atoms with van der Waals surface area (Å²) in [5, 5.41) is 7.01. The van der Waals surface area contributed by atoms with Gasteiger partial charge in [0.2, 0.25) is 5.91 Å². The van der Waals surface area contributed by atoms with Crippen LogP contribution in [0.4, 0.5) is 11.4 Å². The lowest BCUT2D eigenvalue weighted by molar-refractivity contribution is -0.120. The van der Waals surface area contributed by atoms with Crippen molar-refractivity contribution < 1.29 is 9.53 Å². The second-order valence-corrected chi connectivity index (χ2v) is 6.18. The van der Waals surface area contributed by atoms with Gasteiger partial charge in [0.15, 0.2) is 0 Å². The number of carbonyl (C=O) groups excluding carboxylic acids is 1. The molecular formula is C18H22N4O3. The van der Waals surface area contributed by atoms with E-state index in [1.165, 1.54) is 4.68 Å². The van der Waals surface area contributed by atoms with Crippen molar-refractivity contribution in [3.63, 3.8) is 0 Å². The molecule has 1 aromatic carbocycles. The number of aryl methyl sites for hydroxylation is 1. The van der Waals surface area contributed by atoms with Gasteiger partial charge < -0.3 is 15.0 Å². The molecule has 2 aromatic rings. The standard InChI is InChI=1S/C18H22N4O3/c1-21-17(23)10-15(11-19-21)22-9-3-4-13(12-22)18(24)20-14-5-7-16(25-2)8-6-14/h5-8,10-11,13H,3-4,9,12H2,1-2H3,(H,20,24)/t13-/m0/s1. The van der Waals surface area contributed by atoms with Crippen LogP contribution in [0, 0.1) is 5.92 Å². The number of hydrogen-bond acceptors (Lipinski definition) is 5. The fourth-order valence-corrected chi connectivity index (χ4v) is 2.98. The van der Waals surface area contributed by atoms with Gasteiger partial charge in [-0.2, -0.15) is 5.10 Å². The highest BCUT2D eigenvalue weighted by atomic mass is 16.5. The van der Waals surface area contributed by atoms with E-state index in [2.05, 4.69) is 15.3 Å². The number of ether oxygens (including phenoxy) is 1. The number of methoxy groups -OCH3 is 1. The van der Waals surface area contributed by atoms with E-state index in [-0.39, 0.29) is 17.4 Å². The predicted molar refractivity (Wildman–Crippen MR) is 96.0 cm³/mol. The Hall–Kier alpha value is -2.83. The maximum atomic E-state index is 12.6. The van der Waals surface area contributed by atoms with E-state index < -0.39 is 0 Å². The summed E-state index contributed by atoms with van der Waals surface area (Å²) in [7, 11) is 3.23. The van der Waals surface area contributed by atoms with Gasteiger partial charge in [0.25, 0.3) is 5.56 Å². The second kappa shape index (κ2) is 7.38. The minimum absolute atomic E-state index is 0.00772. The van der Waals surface area contributed by atoms with Gasteiger partial charge in [0.05, 0.1) is 24.9 Å². The van der Waals surface area contributed by atoms with E-state index >= 15 is 0 Å². The van der Waals surface area contributed by atoms with Gasteiger partial charge in [0, 0.05) is 31.9 Å². The van der Waals surface area contributed by atoms with Crippen molar-refractivity contribution in [1.82, 2.24) is 9.78 Å². The number of aromatic nitrogens is 2. The van der Waals surface area contributed by atoms with Crippen molar-refractivity contribution in [1.29, 1.82) is 0 Å². The third-order valence-electron chi connectivity index (χ3n) is 4.47. The van der Waals surface area contributed by atoms with Gasteiger partial charge in [-0.05, 0) is 37.1 Å². The quantitative estimate of drug-likeness (QED) is 0.914. The Bertz CT molecular complexity index is 801. The van der Waals surface area contributed by atoms with Gasteiger partial charge in [-0.15, -0.1) is 0 Å². The van der Waals surface area contributed by atoms with E-state index in [1.54, 1.807) is 26.4 Å². The molecule has 0 unspecified atom stereocenters. The summed E-state index contributed by atoms with van der Waals surface area (Å²) in [6.45, 7) is 1.40. The zero-order valence-electron chi connectivity index (χ0n) is 14.4. The van der Waals surface area contributed by atoms with Crippen molar-refractivity contribution in [3.05, 3.63) is 46.9 Å². The number of carbonyl (C=O) groups is 1. The van der Waals surface area contributed by atoms with Crippen LogP contribution in [0.25, 0.3) is 0 Å². The molecule has 2 heterocycles. The molecule has 1 aliphatic rings. The summed E-state index contributed by atoms with van der Waals surface area (Å²) in [6, 6.07) is 8.84. The Balaban J connectivity index is 1.66. The lowest BCUT2D eigenvalue weighted by atomic mass is 9.96. The SMILES string of the molecule is COc1ccc(NC(=O)[C@H]2CCCN(c3cnn(C)c(=O)c3)C2)cc1. The third kappa shape index (κ3) is 3.99. The van der Waals surface area contributed by atoms with Gasteiger partial charge in [0.1, 0.15) is 5.75 Å². The van der Waals surface area contributed by atoms with Crippen LogP contribution in [0.1, 0.15) is 12.8 Å². The lowest BCUT2D eigenvalue weighted by Crippen LogP contribution is -2.41. The van der Waals surface area contributed by atoms with Crippen molar-refractivity contribution in [2.45, 2.75) is 12.8 Å². The molecule has 0 radical (unpaired) electrons. The Morgan fingerprint density at radius 2 is 2.08 bits per heavy atom. The first-order valence-corrected chi connectivity index (χ1v) is 8.30. The summed E-state index contributed by atoms with van der Waals surface area (Å²) in [5.41, 5.74) is 1.37. The Morgan fingerprint density at radius 1 is 1.32 bits per heavy atom. The lowest BCUT2D eigenvalue weighted by Gasteiger charge is -2.33. The number of hydrogen-bond donors (Lipinski definition) is 1. The molecule has 132 valence electrons. The molecule has 0 saturated carbocycles. The van der Waals surface area contributed by atoms with Gasteiger partial charge >= 0.3 is 0 Å². The molecule has 1 aliphatic heterocycles. The summed E-state index contributed by atoms with van der Waals surface area (Å²) in [6.07, 6.45) is 3.40. The number of nitrogens with zero attached hydrogens (tertiary/aromatic N) is 3. The fourth-order valence-electron chi connectivity index (χ4n) is 2.98. The van der Waals surface area contributed by atoms with E-state index in [4.69, 9.17) is 4.74 Å². The Kier molecular flexibility index (Phi) is 5.02. The summed E-state index contributed by atoms with van der Waals surface area (Å²) < 4.78 is 6.41. The minimum Gasteiger partial charge on any atom is -0.497 e. The molecule has 25 heavy (non-hydrogen) atoms. The number of amides is 1. The van der Waals surface area contributed by atoms with Crippen LogP contribution < -0.4 is 20.5 Å². The van der Waals surface area contributed by atoms with Crippen LogP contribution in [0.5, 0.6) is 5.75 Å². The third-order valence-corrected chi connectivity index (χ3v) is 4.47. The largest absolute Gasteiger partial charge is 0.497 e. The van der Waals surface area contributed by atoms with Crippen LogP contribution >= 0.6 is 0 Å². The average molecular weight is 342 g/mol. The van der Waals surface area contributed by atoms with Crippen molar-refractivity contribution >= 4 is 17.3 Å². The highest BCUT2D eigenvalue weighted by molar-refractivity contribution is 5.93. The summed E-state index contributed by atoms with van der Waals surface area (Å²) in [5.74, 6) is 0.617. The monoisotopic (exact) mass is 342 g/mol. The molecule has 1 saturated heterocycles. The minimum atomic E-state index is -0.151. The molecule has 1 aromatic heterocycles. The average Bonchev–Trinajstić information content (AvgIpc) is 2.64. The van der Waals surface area contributed by atoms with E-state index in [1.807, 2.05) is 24.3 Å². The van der Waals surface area contributed by atoms with Crippen molar-refractivity contribution in [2.75, 3.05) is 30.4 Å². The van der Waals surface area contributed by atoms with Crippen LogP contribution in [0.2, 0.25) is 0 Å². The molecule has 7 heteroatoms. The maximum absolute atomic E-state index is 12.6. The van der Waals surface area contributed by atoms with Gasteiger partial charge in [-0.1, -0.05) is 0 Å². The van der Waals surface area contributed by atoms with Crippen LogP contribution in [-0.4, -0.2) is 35.9 Å². The van der Waals surface area contributed by atoms with Crippen LogP contribution in [-0.2, 0) is 11.8 Å². The predicted octanol–water partition coefficient (Wildman–Crippen LogP) is 1.64. The van der Waals surface area contributed by atoms with E-state index in [0.717, 1.165) is 36.5 Å². The fraction of sp³-hybridized carbons (Fsp3) is 0.389. The first kappa shape index (κ1) is 17.0. The van der Waals surface area contributed by atoms with Gasteiger partial charge in [-0.25, -0.2) is 4.68 Å². The van der Waals surface area contributed by atoms with Crippen molar-refractivity contribution in [3.8, 4) is 5.75 Å². The first-order valence-electron chi connectivity index (χ1n) is 8.30. The molecule has 0 aliphatic carbocycles. The molecule has 0 bridgehead atoms. The molecule has 1 N–H and O–H groups in total. The van der Waals surface area contributed by atoms with Crippen LogP contribution in [0.3, 0.4) is 0 Å². The molecular weight excluding hydrogens is 320 g/mol. The zero-order valence-corrected chi connectivity index (χ0v) is 14.4. The van der Waals surface area contributed by atoms with E-state index in [9.17, 15) is 9.59 Å². The number of piperidine rings is 1. The zero-order chi connectivity index (χ0) is 17.8. The molecule has 0 spiro atoms. The van der Waals surface area contributed by atoms with Crippen LogP contribution in [0.15, 0.2) is 41.3 Å². The first-order chi connectivity index (χ1) is 12.1. The number of nitrogens with one attached hydrogen (secondary N) is 1. The van der Waals surface area contributed by atoms with Gasteiger partial charge in [-0.3, -0.25) is 9.59 Å². The maximum Gasteiger partial charge on any atom is 0.268 e. The molecule has 7 nitrogen and oxygen atoms in total. The summed E-state index contributed by atoms with van der Waals surface area (Å²) >= 11 is 0. The second-order valence-electron chi connectivity index (χ2n) is 6.18. The van der Waals surface area contributed by atoms with Crippen molar-refractivity contribution in [2.24, 2.45) is 13.0 Å². The molecule has 1 fully saturated rings. The highest BCUT2D eigenvalue weighted by Crippen LogP contribution is 2.23. The Labute approximate surface area is 146 Å². The molecule has 3 rings (SSSR count). The smallest absolute Gasteiger partial charge is 0.268 e. The van der Waals surface area contributed by atoms with E-state index in [0.29, 0.717) is 6.54 Å². The summed E-state index contributed by atoms with van der Waals surface area (Å²) in [4.78, 5) is 26.4. The normalized spacial score (nSPS) is 17.2. The molecule has 1 amide bonds. The number of benzene rings is 1. The Morgan fingerprint density at radius 3 is 2.76 bits per heavy atom. The number of rotatable bonds is 4. The molecule has 1 atom stereocenters. The highest BCUT2D eigenvalue weighted by Gasteiger charge is 2.26.